The van der Waals surface area contributed by atoms with Crippen LogP contribution in [0.1, 0.15) is 24.8 Å². The van der Waals surface area contributed by atoms with Crippen molar-refractivity contribution in [2.75, 3.05) is 32.7 Å². The van der Waals surface area contributed by atoms with Crippen LogP contribution in [0.15, 0.2) is 30.3 Å². The molecular formula is C19H25N3O2. The van der Waals surface area contributed by atoms with Crippen molar-refractivity contribution in [1.82, 2.24) is 14.7 Å². The highest BCUT2D eigenvalue weighted by molar-refractivity contribution is 5.97. The summed E-state index contributed by atoms with van der Waals surface area (Å²) in [6.45, 7) is 4.03. The highest BCUT2D eigenvalue weighted by Gasteiger charge is 2.49. The van der Waals surface area contributed by atoms with E-state index in [9.17, 15) is 9.59 Å². The van der Waals surface area contributed by atoms with E-state index < -0.39 is 0 Å². The highest BCUT2D eigenvalue weighted by Crippen LogP contribution is 2.28. The second-order valence-corrected chi connectivity index (χ2v) is 7.13. The van der Waals surface area contributed by atoms with Crippen molar-refractivity contribution in [3.8, 4) is 0 Å². The Morgan fingerprint density at radius 2 is 1.67 bits per heavy atom. The van der Waals surface area contributed by atoms with Crippen molar-refractivity contribution in [3.05, 3.63) is 35.9 Å². The highest BCUT2D eigenvalue weighted by atomic mass is 16.2. The maximum atomic E-state index is 12.7. The Kier molecular flexibility index (Phi) is 4.27. The molecule has 1 aromatic rings. The molecule has 0 aliphatic carbocycles. The smallest absolute Gasteiger partial charge is 0.247 e. The van der Waals surface area contributed by atoms with Gasteiger partial charge in [-0.15, -0.1) is 0 Å². The van der Waals surface area contributed by atoms with E-state index in [4.69, 9.17) is 0 Å². The third-order valence-corrected chi connectivity index (χ3v) is 5.64. The third-order valence-electron chi connectivity index (χ3n) is 5.64. The molecule has 0 radical (unpaired) electrons. The molecule has 3 saturated heterocycles. The van der Waals surface area contributed by atoms with Crippen LogP contribution in [0.25, 0.3) is 0 Å². The van der Waals surface area contributed by atoms with Gasteiger partial charge in [-0.25, -0.2) is 0 Å². The molecule has 5 nitrogen and oxygen atoms in total. The Balaban J connectivity index is 1.34. The van der Waals surface area contributed by atoms with E-state index in [0.29, 0.717) is 13.1 Å². The van der Waals surface area contributed by atoms with Gasteiger partial charge >= 0.3 is 0 Å². The number of piperazine rings is 2. The fourth-order valence-corrected chi connectivity index (χ4v) is 4.34. The first-order chi connectivity index (χ1) is 11.7. The van der Waals surface area contributed by atoms with E-state index in [-0.39, 0.29) is 23.9 Å². The van der Waals surface area contributed by atoms with Crippen molar-refractivity contribution in [2.24, 2.45) is 0 Å². The molecule has 0 unspecified atom stereocenters. The van der Waals surface area contributed by atoms with Gasteiger partial charge in [0.15, 0.2) is 0 Å². The van der Waals surface area contributed by atoms with Crippen LogP contribution in [0.5, 0.6) is 0 Å². The minimum Gasteiger partial charge on any atom is -0.329 e. The average Bonchev–Trinajstić information content (AvgIpc) is 3.11. The normalized spacial score (nSPS) is 27.3. The standard InChI is InChI=1S/C19H25N3O2/c23-18-16-9-5-11-21(16)19(24)17-14-20(12-13-22(17)18)10-4-8-15-6-2-1-3-7-15/h1-3,6-7,16-17H,4-5,8-14H2/t16-,17-/m1/s1. The number of hydrogen-bond acceptors (Lipinski definition) is 3. The van der Waals surface area contributed by atoms with Gasteiger partial charge in [0.1, 0.15) is 12.1 Å². The molecule has 0 N–H and O–H groups in total. The predicted octanol–water partition coefficient (Wildman–Crippen LogP) is 1.14. The van der Waals surface area contributed by atoms with Crippen LogP contribution in [0, 0.1) is 0 Å². The molecular weight excluding hydrogens is 302 g/mol. The van der Waals surface area contributed by atoms with Crippen LogP contribution in [0.4, 0.5) is 0 Å². The summed E-state index contributed by atoms with van der Waals surface area (Å²) in [6.07, 6.45) is 3.95. The maximum absolute atomic E-state index is 12.7. The SMILES string of the molecule is O=C1[C@H]2CN(CCCc3ccccc3)CCN2C(=O)[C@H]2CCCN12. The summed E-state index contributed by atoms with van der Waals surface area (Å²) in [5.41, 5.74) is 1.36. The number of carbonyl (C=O) groups is 2. The molecule has 0 bridgehead atoms. The summed E-state index contributed by atoms with van der Waals surface area (Å²) in [7, 11) is 0. The van der Waals surface area contributed by atoms with Crippen LogP contribution in [0.3, 0.4) is 0 Å². The number of nitrogens with zero attached hydrogens (tertiary/aromatic N) is 3. The summed E-state index contributed by atoms with van der Waals surface area (Å²) in [5, 5.41) is 0. The molecule has 4 rings (SSSR count). The lowest BCUT2D eigenvalue weighted by molar-refractivity contribution is -0.163. The first kappa shape index (κ1) is 15.6. The Hall–Kier alpha value is -1.88. The first-order valence-electron chi connectivity index (χ1n) is 9.11. The van der Waals surface area contributed by atoms with Gasteiger partial charge in [-0.2, -0.15) is 0 Å². The largest absolute Gasteiger partial charge is 0.329 e. The molecule has 3 aliphatic heterocycles. The zero-order valence-corrected chi connectivity index (χ0v) is 14.1. The van der Waals surface area contributed by atoms with Crippen LogP contribution in [0.2, 0.25) is 0 Å². The number of benzene rings is 1. The third kappa shape index (κ3) is 2.81. The molecule has 24 heavy (non-hydrogen) atoms. The number of rotatable bonds is 4. The van der Waals surface area contributed by atoms with Gasteiger partial charge in [-0.1, -0.05) is 30.3 Å². The Bertz CT molecular complexity index is 618. The van der Waals surface area contributed by atoms with E-state index in [1.54, 1.807) is 0 Å². The van der Waals surface area contributed by atoms with Gasteiger partial charge in [0.25, 0.3) is 0 Å². The molecule has 1 aromatic carbocycles. The van der Waals surface area contributed by atoms with Crippen molar-refractivity contribution < 1.29 is 9.59 Å². The number of fused-ring (bicyclic) bond motifs is 2. The van der Waals surface area contributed by atoms with E-state index >= 15 is 0 Å². The molecule has 128 valence electrons. The second-order valence-electron chi connectivity index (χ2n) is 7.13. The molecule has 0 aromatic heterocycles. The second kappa shape index (κ2) is 6.55. The molecule has 2 amide bonds. The first-order valence-corrected chi connectivity index (χ1v) is 9.11. The summed E-state index contributed by atoms with van der Waals surface area (Å²) >= 11 is 0. The van der Waals surface area contributed by atoms with Gasteiger partial charge < -0.3 is 9.80 Å². The predicted molar refractivity (Wildman–Crippen MR) is 91.4 cm³/mol. The molecule has 3 heterocycles. The molecule has 0 spiro atoms. The summed E-state index contributed by atoms with van der Waals surface area (Å²) in [6, 6.07) is 10.1. The molecule has 3 fully saturated rings. The van der Waals surface area contributed by atoms with Crippen molar-refractivity contribution in [2.45, 2.75) is 37.8 Å². The summed E-state index contributed by atoms with van der Waals surface area (Å²) < 4.78 is 0. The Labute approximate surface area is 143 Å². The Morgan fingerprint density at radius 3 is 2.50 bits per heavy atom. The minimum atomic E-state index is -0.252. The van der Waals surface area contributed by atoms with Gasteiger partial charge in [-0.3, -0.25) is 14.5 Å². The number of amides is 2. The quantitative estimate of drug-likeness (QED) is 0.833. The van der Waals surface area contributed by atoms with Crippen LogP contribution in [-0.4, -0.2) is 71.3 Å². The van der Waals surface area contributed by atoms with Crippen molar-refractivity contribution in [3.63, 3.8) is 0 Å². The lowest BCUT2D eigenvalue weighted by Gasteiger charge is -2.47. The summed E-state index contributed by atoms with van der Waals surface area (Å²) in [5.74, 6) is 0.353. The van der Waals surface area contributed by atoms with Gasteiger partial charge in [0.05, 0.1) is 0 Å². The number of carbonyl (C=O) groups excluding carboxylic acids is 2. The maximum Gasteiger partial charge on any atom is 0.247 e. The van der Waals surface area contributed by atoms with Crippen LogP contribution < -0.4 is 0 Å². The van der Waals surface area contributed by atoms with E-state index in [1.165, 1.54) is 5.56 Å². The lowest BCUT2D eigenvalue weighted by Crippen LogP contribution is -2.68. The number of aryl methyl sites for hydroxylation is 1. The zero-order valence-electron chi connectivity index (χ0n) is 14.1. The van der Waals surface area contributed by atoms with Gasteiger partial charge in [-0.05, 0) is 37.8 Å². The topological polar surface area (TPSA) is 43.9 Å². The summed E-state index contributed by atoms with van der Waals surface area (Å²) in [4.78, 5) is 31.4. The fourth-order valence-electron chi connectivity index (χ4n) is 4.34. The van der Waals surface area contributed by atoms with E-state index in [2.05, 4.69) is 29.2 Å². The van der Waals surface area contributed by atoms with Crippen LogP contribution >= 0.6 is 0 Å². The van der Waals surface area contributed by atoms with Gasteiger partial charge in [0.2, 0.25) is 11.8 Å². The van der Waals surface area contributed by atoms with Crippen molar-refractivity contribution in [1.29, 1.82) is 0 Å². The average molecular weight is 327 g/mol. The van der Waals surface area contributed by atoms with Gasteiger partial charge in [0, 0.05) is 26.2 Å². The van der Waals surface area contributed by atoms with Crippen LogP contribution in [-0.2, 0) is 16.0 Å². The van der Waals surface area contributed by atoms with E-state index in [1.807, 2.05) is 15.9 Å². The number of hydrogen-bond donors (Lipinski definition) is 0. The fraction of sp³-hybridized carbons (Fsp3) is 0.579. The zero-order chi connectivity index (χ0) is 16.5. The monoisotopic (exact) mass is 327 g/mol. The van der Waals surface area contributed by atoms with Crippen molar-refractivity contribution >= 4 is 11.8 Å². The molecule has 5 heteroatoms. The minimum absolute atomic E-state index is 0.168. The lowest BCUT2D eigenvalue weighted by atomic mass is 10.0. The Morgan fingerprint density at radius 1 is 0.917 bits per heavy atom. The van der Waals surface area contributed by atoms with E-state index in [0.717, 1.165) is 45.3 Å². The molecule has 0 saturated carbocycles. The molecule has 2 atom stereocenters. The molecule has 3 aliphatic rings.